The van der Waals surface area contributed by atoms with Crippen molar-refractivity contribution >= 4 is 33.3 Å². The van der Waals surface area contributed by atoms with Gasteiger partial charge >= 0.3 is 6.18 Å². The zero-order chi connectivity index (χ0) is 23.0. The van der Waals surface area contributed by atoms with Gasteiger partial charge in [-0.25, -0.2) is 9.97 Å². The van der Waals surface area contributed by atoms with Crippen molar-refractivity contribution < 1.29 is 18.0 Å². The van der Waals surface area contributed by atoms with E-state index in [1.807, 2.05) is 29.2 Å². The second kappa shape index (κ2) is 8.93. The van der Waals surface area contributed by atoms with Gasteiger partial charge in [-0.1, -0.05) is 12.1 Å². The van der Waals surface area contributed by atoms with Crippen molar-refractivity contribution in [3.05, 3.63) is 53.2 Å². The Hall–Kier alpha value is -2.68. The van der Waals surface area contributed by atoms with Gasteiger partial charge in [-0.15, -0.1) is 11.3 Å². The van der Waals surface area contributed by atoms with E-state index in [4.69, 9.17) is 4.98 Å². The summed E-state index contributed by atoms with van der Waals surface area (Å²) in [6, 6.07) is 10.2. The molecule has 0 aliphatic carbocycles. The van der Waals surface area contributed by atoms with E-state index in [1.165, 1.54) is 12.3 Å². The summed E-state index contributed by atoms with van der Waals surface area (Å²) in [7, 11) is 0. The minimum atomic E-state index is -4.48. The van der Waals surface area contributed by atoms with Crippen LogP contribution in [0.3, 0.4) is 0 Å². The average molecular weight is 475 g/mol. The van der Waals surface area contributed by atoms with E-state index in [0.717, 1.165) is 40.6 Å². The molecule has 2 aliphatic rings. The Bertz CT molecular complexity index is 1110. The normalized spacial score (nSPS) is 22.0. The number of carbonyl (C=O) groups is 1. The number of alkyl halides is 3. The fraction of sp³-hybridized carbons (Fsp3) is 0.458. The highest BCUT2D eigenvalue weighted by atomic mass is 32.1. The highest BCUT2D eigenvalue weighted by Gasteiger charge is 2.39. The second-order valence-corrected chi connectivity index (χ2v) is 9.78. The van der Waals surface area contributed by atoms with Crippen molar-refractivity contribution in [2.24, 2.45) is 5.92 Å². The van der Waals surface area contributed by atoms with Crippen molar-refractivity contribution in [3.8, 4) is 0 Å². The summed E-state index contributed by atoms with van der Waals surface area (Å²) in [6.07, 6.45) is 1.05. The number of pyridine rings is 1. The standard InChI is InChI=1S/C24H25F3N4OS/c25-24(26,27)17-8-5-12-28-21(17)30-13-6-7-16(15-30)23(32)31-14-4-3-10-19(31)22-29-18-9-1-2-11-20(18)33-22/h1-2,5,8-9,11-12,16,19H,3-4,6-7,10,13-15H2. The fourth-order valence-corrected chi connectivity index (χ4v) is 6.08. The number of halogens is 3. The molecule has 1 amide bonds. The molecule has 9 heteroatoms. The van der Waals surface area contributed by atoms with Crippen LogP contribution in [0.1, 0.15) is 48.7 Å². The molecule has 2 fully saturated rings. The number of piperidine rings is 2. The molecule has 33 heavy (non-hydrogen) atoms. The van der Waals surface area contributed by atoms with Gasteiger partial charge in [0.2, 0.25) is 5.91 Å². The first-order chi connectivity index (χ1) is 15.9. The predicted octanol–water partition coefficient (Wildman–Crippen LogP) is 5.68. The summed E-state index contributed by atoms with van der Waals surface area (Å²) in [5, 5.41) is 0.945. The fourth-order valence-electron chi connectivity index (χ4n) is 4.96. The van der Waals surface area contributed by atoms with Gasteiger partial charge in [0, 0.05) is 25.8 Å². The van der Waals surface area contributed by atoms with Crippen molar-refractivity contribution in [2.45, 2.75) is 44.3 Å². The van der Waals surface area contributed by atoms with Crippen LogP contribution in [0.15, 0.2) is 42.6 Å². The first-order valence-electron chi connectivity index (χ1n) is 11.3. The van der Waals surface area contributed by atoms with E-state index in [9.17, 15) is 18.0 Å². The smallest absolute Gasteiger partial charge is 0.355 e. The van der Waals surface area contributed by atoms with Crippen LogP contribution in [0.2, 0.25) is 0 Å². The molecule has 174 valence electrons. The van der Waals surface area contributed by atoms with Gasteiger partial charge in [0.15, 0.2) is 0 Å². The summed E-state index contributed by atoms with van der Waals surface area (Å²) in [5.41, 5.74) is 0.192. The highest BCUT2D eigenvalue weighted by Crippen LogP contribution is 2.39. The molecule has 5 rings (SSSR count). The molecule has 3 aromatic rings. The number of amides is 1. The van der Waals surface area contributed by atoms with Crippen LogP contribution in [0.5, 0.6) is 0 Å². The largest absolute Gasteiger partial charge is 0.419 e. The Labute approximate surface area is 194 Å². The summed E-state index contributed by atoms with van der Waals surface area (Å²) < 4.78 is 41.7. The monoisotopic (exact) mass is 474 g/mol. The Morgan fingerprint density at radius 1 is 1.03 bits per heavy atom. The van der Waals surface area contributed by atoms with Crippen LogP contribution in [0.25, 0.3) is 10.2 Å². The molecule has 5 nitrogen and oxygen atoms in total. The molecule has 0 saturated carbocycles. The Balaban J connectivity index is 1.38. The van der Waals surface area contributed by atoms with Crippen molar-refractivity contribution in [2.75, 3.05) is 24.5 Å². The third kappa shape index (κ3) is 4.43. The topological polar surface area (TPSA) is 49.3 Å². The van der Waals surface area contributed by atoms with Gasteiger partial charge in [0.05, 0.1) is 27.7 Å². The lowest BCUT2D eigenvalue weighted by molar-refractivity contribution is -0.139. The number of hydrogen-bond donors (Lipinski definition) is 0. The van der Waals surface area contributed by atoms with E-state index < -0.39 is 11.7 Å². The van der Waals surface area contributed by atoms with Crippen LogP contribution in [-0.4, -0.2) is 40.4 Å². The first kappa shape index (κ1) is 22.1. The number of para-hydroxylation sites is 1. The predicted molar refractivity (Wildman–Crippen MR) is 122 cm³/mol. The molecule has 0 spiro atoms. The van der Waals surface area contributed by atoms with Crippen LogP contribution >= 0.6 is 11.3 Å². The van der Waals surface area contributed by atoms with Crippen LogP contribution in [0, 0.1) is 5.92 Å². The average Bonchev–Trinajstić information content (AvgIpc) is 3.27. The van der Waals surface area contributed by atoms with Crippen molar-refractivity contribution in [3.63, 3.8) is 0 Å². The number of nitrogens with zero attached hydrogens (tertiary/aromatic N) is 4. The molecular formula is C24H25F3N4OS. The Morgan fingerprint density at radius 2 is 1.88 bits per heavy atom. The van der Waals surface area contributed by atoms with Gasteiger partial charge in [0.1, 0.15) is 10.8 Å². The van der Waals surface area contributed by atoms with E-state index in [-0.39, 0.29) is 30.2 Å². The lowest BCUT2D eigenvalue weighted by Crippen LogP contribution is -2.48. The number of carbonyl (C=O) groups excluding carboxylic acids is 1. The number of thiazole rings is 1. The molecule has 2 aliphatic heterocycles. The van der Waals surface area contributed by atoms with Gasteiger partial charge in [-0.05, 0) is 56.4 Å². The number of aromatic nitrogens is 2. The summed E-state index contributed by atoms with van der Waals surface area (Å²) >= 11 is 1.62. The van der Waals surface area contributed by atoms with Gasteiger partial charge in [0.25, 0.3) is 0 Å². The maximum absolute atomic E-state index is 13.6. The number of hydrogen-bond acceptors (Lipinski definition) is 5. The van der Waals surface area contributed by atoms with Crippen LogP contribution in [-0.2, 0) is 11.0 Å². The third-order valence-corrected chi connectivity index (χ3v) is 7.68. The number of likely N-dealkylation sites (tertiary alicyclic amines) is 1. The van der Waals surface area contributed by atoms with Gasteiger partial charge in [-0.2, -0.15) is 13.2 Å². The van der Waals surface area contributed by atoms with Crippen molar-refractivity contribution in [1.29, 1.82) is 0 Å². The maximum atomic E-state index is 13.6. The quantitative estimate of drug-likeness (QED) is 0.490. The van der Waals surface area contributed by atoms with E-state index in [0.29, 0.717) is 25.9 Å². The number of fused-ring (bicyclic) bond motifs is 1. The number of rotatable bonds is 3. The SMILES string of the molecule is O=C(C1CCCN(c2ncccc2C(F)(F)F)C1)N1CCCCC1c1nc2ccccc2s1. The van der Waals surface area contributed by atoms with E-state index in [2.05, 4.69) is 4.98 Å². The first-order valence-corrected chi connectivity index (χ1v) is 12.2. The van der Waals surface area contributed by atoms with E-state index in [1.54, 1.807) is 16.2 Å². The molecule has 2 atom stereocenters. The lowest BCUT2D eigenvalue weighted by atomic mass is 9.93. The zero-order valence-corrected chi connectivity index (χ0v) is 18.9. The minimum absolute atomic E-state index is 0.0214. The molecule has 0 radical (unpaired) electrons. The van der Waals surface area contributed by atoms with Crippen LogP contribution < -0.4 is 4.90 Å². The highest BCUT2D eigenvalue weighted by molar-refractivity contribution is 7.18. The van der Waals surface area contributed by atoms with E-state index >= 15 is 0 Å². The lowest BCUT2D eigenvalue weighted by Gasteiger charge is -2.40. The molecule has 0 N–H and O–H groups in total. The van der Waals surface area contributed by atoms with Gasteiger partial charge in [-0.3, -0.25) is 4.79 Å². The van der Waals surface area contributed by atoms with Gasteiger partial charge < -0.3 is 9.80 Å². The molecule has 0 bridgehead atoms. The number of anilines is 1. The molecule has 2 aromatic heterocycles. The summed E-state index contributed by atoms with van der Waals surface area (Å²) in [6.45, 7) is 1.38. The number of benzene rings is 1. The molecule has 2 saturated heterocycles. The molecule has 4 heterocycles. The summed E-state index contributed by atoms with van der Waals surface area (Å²) in [4.78, 5) is 26.0. The Kier molecular flexibility index (Phi) is 5.99. The Morgan fingerprint density at radius 3 is 2.70 bits per heavy atom. The third-order valence-electron chi connectivity index (χ3n) is 6.54. The summed E-state index contributed by atoms with van der Waals surface area (Å²) in [5.74, 6) is -0.408. The molecule has 2 unspecified atom stereocenters. The molecule has 1 aromatic carbocycles. The van der Waals surface area contributed by atoms with Crippen molar-refractivity contribution in [1.82, 2.24) is 14.9 Å². The minimum Gasteiger partial charge on any atom is -0.355 e. The van der Waals surface area contributed by atoms with Crippen LogP contribution in [0.4, 0.5) is 19.0 Å². The molecular weight excluding hydrogens is 449 g/mol. The zero-order valence-electron chi connectivity index (χ0n) is 18.1. The second-order valence-electron chi connectivity index (χ2n) is 8.72. The maximum Gasteiger partial charge on any atom is 0.419 e.